The lowest BCUT2D eigenvalue weighted by Crippen LogP contribution is -2.42. The molecule has 0 heterocycles. The zero-order valence-electron chi connectivity index (χ0n) is 11.3. The number of amides is 2. The van der Waals surface area contributed by atoms with Crippen molar-refractivity contribution < 1.29 is 9.59 Å². The van der Waals surface area contributed by atoms with E-state index in [0.29, 0.717) is 20.9 Å². The number of hydrogen-bond acceptors (Lipinski definition) is 4. The van der Waals surface area contributed by atoms with Crippen LogP contribution in [0.25, 0.3) is 0 Å². The first-order chi connectivity index (χ1) is 10.0. The Bertz CT molecular complexity index is 682. The van der Waals surface area contributed by atoms with E-state index < -0.39 is 11.8 Å². The largest absolute Gasteiger partial charge is 0.271 e. The standard InChI is InChI=1S/C15H14N2O2S2/c1-9-5-4-8-12(21)13(9)15(19)17-16-14(18)10-6-2-3-7-11(10)20/h2-8,20-21H,1H3,(H,16,18)(H,17,19). The molecule has 21 heavy (non-hydrogen) atoms. The van der Waals surface area contributed by atoms with E-state index in [1.165, 1.54) is 0 Å². The SMILES string of the molecule is Cc1cccc(S)c1C(=O)NNC(=O)c1ccccc1S. The van der Waals surface area contributed by atoms with Crippen LogP contribution in [0.5, 0.6) is 0 Å². The minimum atomic E-state index is -0.428. The molecule has 0 bridgehead atoms. The molecular weight excluding hydrogens is 304 g/mol. The topological polar surface area (TPSA) is 58.2 Å². The average molecular weight is 318 g/mol. The Kier molecular flexibility index (Phi) is 4.93. The lowest BCUT2D eigenvalue weighted by Gasteiger charge is -2.11. The van der Waals surface area contributed by atoms with Gasteiger partial charge in [0.2, 0.25) is 0 Å². The highest BCUT2D eigenvalue weighted by Gasteiger charge is 2.14. The number of benzene rings is 2. The van der Waals surface area contributed by atoms with Gasteiger partial charge in [-0.15, -0.1) is 25.3 Å². The molecule has 2 rings (SSSR count). The van der Waals surface area contributed by atoms with Crippen LogP contribution in [0.15, 0.2) is 52.3 Å². The summed E-state index contributed by atoms with van der Waals surface area (Å²) in [7, 11) is 0. The summed E-state index contributed by atoms with van der Waals surface area (Å²) >= 11 is 8.45. The molecule has 0 aliphatic carbocycles. The second-order valence-electron chi connectivity index (χ2n) is 4.39. The second kappa shape index (κ2) is 6.69. The van der Waals surface area contributed by atoms with Crippen LogP contribution in [-0.2, 0) is 0 Å². The van der Waals surface area contributed by atoms with Gasteiger partial charge in [0.1, 0.15) is 0 Å². The maximum Gasteiger partial charge on any atom is 0.271 e. The number of carbonyl (C=O) groups is 2. The minimum absolute atomic E-state index is 0.386. The van der Waals surface area contributed by atoms with Gasteiger partial charge in [-0.05, 0) is 30.7 Å². The Hall–Kier alpha value is -1.92. The number of hydrazine groups is 1. The Balaban J connectivity index is 2.08. The third kappa shape index (κ3) is 3.59. The van der Waals surface area contributed by atoms with Gasteiger partial charge in [0.15, 0.2) is 0 Å². The lowest BCUT2D eigenvalue weighted by molar-refractivity contribution is 0.0843. The quantitative estimate of drug-likeness (QED) is 0.508. The second-order valence-corrected chi connectivity index (χ2v) is 5.36. The van der Waals surface area contributed by atoms with Gasteiger partial charge in [-0.3, -0.25) is 20.4 Å². The number of carbonyl (C=O) groups excluding carboxylic acids is 2. The Morgan fingerprint density at radius 3 is 2.14 bits per heavy atom. The third-order valence-electron chi connectivity index (χ3n) is 2.92. The minimum Gasteiger partial charge on any atom is -0.267 e. The summed E-state index contributed by atoms with van der Waals surface area (Å²) in [5.74, 6) is -0.841. The van der Waals surface area contributed by atoms with Gasteiger partial charge in [-0.2, -0.15) is 0 Å². The summed E-state index contributed by atoms with van der Waals surface area (Å²) in [6, 6.07) is 12.2. The molecule has 4 nitrogen and oxygen atoms in total. The van der Waals surface area contributed by atoms with Crippen LogP contribution < -0.4 is 10.9 Å². The summed E-state index contributed by atoms with van der Waals surface area (Å²) in [6.45, 7) is 1.81. The van der Waals surface area contributed by atoms with Crippen molar-refractivity contribution in [1.29, 1.82) is 0 Å². The normalized spacial score (nSPS) is 10.0. The molecule has 0 spiro atoms. The number of nitrogens with one attached hydrogen (secondary N) is 2. The maximum absolute atomic E-state index is 12.1. The molecule has 6 heteroatoms. The van der Waals surface area contributed by atoms with Gasteiger partial charge >= 0.3 is 0 Å². The summed E-state index contributed by atoms with van der Waals surface area (Å²) in [6.07, 6.45) is 0. The summed E-state index contributed by atoms with van der Waals surface area (Å²) < 4.78 is 0. The number of hydrogen-bond donors (Lipinski definition) is 4. The first-order valence-corrected chi connectivity index (χ1v) is 7.07. The monoisotopic (exact) mass is 318 g/mol. The third-order valence-corrected chi connectivity index (χ3v) is 3.68. The highest BCUT2D eigenvalue weighted by molar-refractivity contribution is 7.80. The fourth-order valence-corrected chi connectivity index (χ4v) is 2.48. The smallest absolute Gasteiger partial charge is 0.267 e. The molecule has 2 aromatic carbocycles. The molecule has 0 fully saturated rings. The zero-order valence-corrected chi connectivity index (χ0v) is 13.0. The van der Waals surface area contributed by atoms with Crippen molar-refractivity contribution in [1.82, 2.24) is 10.9 Å². The number of thiol groups is 2. The highest BCUT2D eigenvalue weighted by Crippen LogP contribution is 2.17. The number of aryl methyl sites for hydroxylation is 1. The molecule has 0 atom stereocenters. The predicted molar refractivity (Wildman–Crippen MR) is 87.1 cm³/mol. The van der Waals surface area contributed by atoms with Crippen LogP contribution in [0.2, 0.25) is 0 Å². The molecule has 2 amide bonds. The van der Waals surface area contributed by atoms with Crippen molar-refractivity contribution >= 4 is 37.1 Å². The van der Waals surface area contributed by atoms with Gasteiger partial charge in [-0.25, -0.2) is 0 Å². The van der Waals surface area contributed by atoms with E-state index in [0.717, 1.165) is 5.56 Å². The van der Waals surface area contributed by atoms with Crippen molar-refractivity contribution in [3.05, 3.63) is 59.2 Å². The van der Waals surface area contributed by atoms with E-state index in [1.54, 1.807) is 43.3 Å². The van der Waals surface area contributed by atoms with Gasteiger partial charge in [0.05, 0.1) is 11.1 Å². The highest BCUT2D eigenvalue weighted by atomic mass is 32.1. The van der Waals surface area contributed by atoms with E-state index in [2.05, 4.69) is 36.1 Å². The molecule has 0 radical (unpaired) electrons. The molecular formula is C15H14N2O2S2. The fraction of sp³-hybridized carbons (Fsp3) is 0.0667. The molecule has 0 saturated heterocycles. The summed E-state index contributed by atoms with van der Waals surface area (Å²) in [4.78, 5) is 25.2. The molecule has 0 aromatic heterocycles. The molecule has 2 aromatic rings. The Morgan fingerprint density at radius 2 is 1.48 bits per heavy atom. The Morgan fingerprint density at radius 1 is 0.857 bits per heavy atom. The first kappa shape index (κ1) is 15.5. The van der Waals surface area contributed by atoms with E-state index in [1.807, 2.05) is 6.07 Å². The predicted octanol–water partition coefficient (Wildman–Crippen LogP) is 2.65. The van der Waals surface area contributed by atoms with Crippen LogP contribution >= 0.6 is 25.3 Å². The maximum atomic E-state index is 12.1. The molecule has 108 valence electrons. The van der Waals surface area contributed by atoms with Crippen molar-refractivity contribution in [2.45, 2.75) is 16.7 Å². The van der Waals surface area contributed by atoms with E-state index in [9.17, 15) is 9.59 Å². The molecule has 0 unspecified atom stereocenters. The summed E-state index contributed by atoms with van der Waals surface area (Å²) in [5.41, 5.74) is 6.35. The zero-order chi connectivity index (χ0) is 15.4. The van der Waals surface area contributed by atoms with Crippen LogP contribution in [0, 0.1) is 6.92 Å². The number of rotatable bonds is 2. The van der Waals surface area contributed by atoms with Gasteiger partial charge < -0.3 is 0 Å². The lowest BCUT2D eigenvalue weighted by atomic mass is 10.1. The van der Waals surface area contributed by atoms with E-state index in [-0.39, 0.29) is 0 Å². The van der Waals surface area contributed by atoms with E-state index >= 15 is 0 Å². The molecule has 0 aliphatic heterocycles. The van der Waals surface area contributed by atoms with Crippen molar-refractivity contribution in [3.8, 4) is 0 Å². The van der Waals surface area contributed by atoms with Crippen LogP contribution in [0.3, 0.4) is 0 Å². The molecule has 2 N–H and O–H groups in total. The van der Waals surface area contributed by atoms with Crippen LogP contribution in [0.1, 0.15) is 26.3 Å². The van der Waals surface area contributed by atoms with Crippen molar-refractivity contribution in [2.75, 3.05) is 0 Å². The Labute approximate surface area is 133 Å². The van der Waals surface area contributed by atoms with Gasteiger partial charge in [-0.1, -0.05) is 24.3 Å². The van der Waals surface area contributed by atoms with Crippen molar-refractivity contribution in [3.63, 3.8) is 0 Å². The molecule has 0 aliphatic rings. The van der Waals surface area contributed by atoms with Gasteiger partial charge in [0, 0.05) is 9.79 Å². The van der Waals surface area contributed by atoms with Gasteiger partial charge in [0.25, 0.3) is 11.8 Å². The van der Waals surface area contributed by atoms with E-state index in [4.69, 9.17) is 0 Å². The fourth-order valence-electron chi connectivity index (χ4n) is 1.86. The van der Waals surface area contributed by atoms with Crippen LogP contribution in [0.4, 0.5) is 0 Å². The molecule has 0 saturated carbocycles. The first-order valence-electron chi connectivity index (χ1n) is 6.18. The van der Waals surface area contributed by atoms with Crippen LogP contribution in [-0.4, -0.2) is 11.8 Å². The average Bonchev–Trinajstić information content (AvgIpc) is 2.45. The summed E-state index contributed by atoms with van der Waals surface area (Å²) in [5, 5.41) is 0. The van der Waals surface area contributed by atoms with Crippen molar-refractivity contribution in [2.24, 2.45) is 0 Å².